The van der Waals surface area contributed by atoms with Crippen LogP contribution in [0.2, 0.25) is 0 Å². The van der Waals surface area contributed by atoms with Gasteiger partial charge in [0.05, 0.1) is 0 Å². The summed E-state index contributed by atoms with van der Waals surface area (Å²) in [5.41, 5.74) is 3.18. The molecule has 1 nitrogen and oxygen atoms in total. The van der Waals surface area contributed by atoms with Crippen LogP contribution in [0.25, 0.3) is 0 Å². The summed E-state index contributed by atoms with van der Waals surface area (Å²) in [6, 6.07) is 9.73. The number of benzene rings is 1. The van der Waals surface area contributed by atoms with E-state index in [1.165, 1.54) is 51.5 Å². The molecule has 3 atom stereocenters. The molecule has 2 fully saturated rings. The summed E-state index contributed by atoms with van der Waals surface area (Å²) in [4.78, 5) is 0. The van der Waals surface area contributed by atoms with Crippen LogP contribution in [0.3, 0.4) is 0 Å². The summed E-state index contributed by atoms with van der Waals surface area (Å²) < 4.78 is 0. The van der Waals surface area contributed by atoms with E-state index in [9.17, 15) is 0 Å². The molecule has 0 aromatic heterocycles. The Balaban J connectivity index is 1.74. The van der Waals surface area contributed by atoms with Gasteiger partial charge in [-0.1, -0.05) is 50.5 Å². The zero-order valence-corrected chi connectivity index (χ0v) is 13.8. The number of nitrogens with one attached hydrogen (secondary N) is 1. The molecule has 0 heterocycles. The Hall–Kier alpha value is -0.820. The van der Waals surface area contributed by atoms with E-state index in [-0.39, 0.29) is 0 Å². The second-order valence-electron chi connectivity index (χ2n) is 7.31. The largest absolute Gasteiger partial charge is 0.319 e. The standard InChI is InChI=1S/C20H31N/c1-3-15-7-8-19(14-21-2)20(13-15)18-11-9-17(10-12-18)16-5-4-6-16/h9-12,15-16,19-21H,3-8,13-14H2,1-2H3. The minimum atomic E-state index is 0.770. The van der Waals surface area contributed by atoms with Crippen molar-refractivity contribution in [1.29, 1.82) is 0 Å². The minimum absolute atomic E-state index is 0.770. The fraction of sp³-hybridized carbons (Fsp3) is 0.700. The molecule has 0 aliphatic heterocycles. The van der Waals surface area contributed by atoms with E-state index in [1.807, 2.05) is 0 Å². The molecule has 21 heavy (non-hydrogen) atoms. The van der Waals surface area contributed by atoms with Crippen LogP contribution in [0.1, 0.15) is 74.8 Å². The first-order chi connectivity index (χ1) is 10.3. The molecule has 0 radical (unpaired) electrons. The second-order valence-corrected chi connectivity index (χ2v) is 7.31. The molecule has 1 N–H and O–H groups in total. The van der Waals surface area contributed by atoms with Gasteiger partial charge in [-0.3, -0.25) is 0 Å². The van der Waals surface area contributed by atoms with Crippen molar-refractivity contribution in [2.75, 3.05) is 13.6 Å². The van der Waals surface area contributed by atoms with Crippen molar-refractivity contribution >= 4 is 0 Å². The topological polar surface area (TPSA) is 12.0 Å². The highest BCUT2D eigenvalue weighted by molar-refractivity contribution is 5.29. The predicted octanol–water partition coefficient (Wildman–Crippen LogP) is 5.08. The van der Waals surface area contributed by atoms with Crippen LogP contribution >= 0.6 is 0 Å². The lowest BCUT2D eigenvalue weighted by atomic mass is 9.70. The highest BCUT2D eigenvalue weighted by Gasteiger charge is 2.30. The van der Waals surface area contributed by atoms with E-state index in [2.05, 4.69) is 43.6 Å². The molecule has 0 bridgehead atoms. The van der Waals surface area contributed by atoms with E-state index in [1.54, 1.807) is 11.1 Å². The first kappa shape index (κ1) is 15.1. The molecule has 1 aromatic carbocycles. The SMILES string of the molecule is CCC1CCC(CNC)C(c2ccc(C3CCC3)cc2)C1. The summed E-state index contributed by atoms with van der Waals surface area (Å²) in [5, 5.41) is 3.42. The summed E-state index contributed by atoms with van der Waals surface area (Å²) in [6.45, 7) is 3.53. The molecule has 2 aliphatic carbocycles. The van der Waals surface area contributed by atoms with Crippen molar-refractivity contribution in [3.05, 3.63) is 35.4 Å². The Morgan fingerprint density at radius 1 is 1.00 bits per heavy atom. The third-order valence-electron chi connectivity index (χ3n) is 6.09. The summed E-state index contributed by atoms with van der Waals surface area (Å²) in [7, 11) is 2.10. The molecule has 0 spiro atoms. The van der Waals surface area contributed by atoms with Crippen LogP contribution in [0.5, 0.6) is 0 Å². The first-order valence-electron chi connectivity index (χ1n) is 9.06. The van der Waals surface area contributed by atoms with Gasteiger partial charge in [-0.15, -0.1) is 0 Å². The van der Waals surface area contributed by atoms with Gasteiger partial charge >= 0.3 is 0 Å². The average molecular weight is 285 g/mol. The van der Waals surface area contributed by atoms with Gasteiger partial charge in [0, 0.05) is 0 Å². The Morgan fingerprint density at radius 3 is 2.29 bits per heavy atom. The zero-order valence-electron chi connectivity index (χ0n) is 13.8. The van der Waals surface area contributed by atoms with Crippen LogP contribution < -0.4 is 5.32 Å². The van der Waals surface area contributed by atoms with Gasteiger partial charge in [0.15, 0.2) is 0 Å². The lowest BCUT2D eigenvalue weighted by Crippen LogP contribution is -2.30. The van der Waals surface area contributed by atoms with E-state index in [0.29, 0.717) is 0 Å². The van der Waals surface area contributed by atoms with Gasteiger partial charge in [0.25, 0.3) is 0 Å². The molecule has 3 rings (SSSR count). The lowest BCUT2D eigenvalue weighted by Gasteiger charge is -2.36. The van der Waals surface area contributed by atoms with Crippen molar-refractivity contribution in [2.45, 2.75) is 63.7 Å². The van der Waals surface area contributed by atoms with Crippen LogP contribution in [-0.2, 0) is 0 Å². The third kappa shape index (κ3) is 3.34. The van der Waals surface area contributed by atoms with Crippen molar-refractivity contribution in [3.8, 4) is 0 Å². The van der Waals surface area contributed by atoms with Crippen molar-refractivity contribution in [3.63, 3.8) is 0 Å². The molecule has 0 saturated heterocycles. The minimum Gasteiger partial charge on any atom is -0.319 e. The highest BCUT2D eigenvalue weighted by atomic mass is 14.8. The van der Waals surface area contributed by atoms with Gasteiger partial charge < -0.3 is 5.32 Å². The molecular formula is C20H31N. The van der Waals surface area contributed by atoms with Crippen molar-refractivity contribution in [1.82, 2.24) is 5.32 Å². The average Bonchev–Trinajstić information content (AvgIpc) is 2.47. The van der Waals surface area contributed by atoms with Crippen LogP contribution in [0, 0.1) is 11.8 Å². The van der Waals surface area contributed by atoms with Crippen LogP contribution in [-0.4, -0.2) is 13.6 Å². The number of hydrogen-bond acceptors (Lipinski definition) is 1. The Labute approximate surface area is 130 Å². The fourth-order valence-corrected chi connectivity index (χ4v) is 4.36. The highest BCUT2D eigenvalue weighted by Crippen LogP contribution is 2.42. The second kappa shape index (κ2) is 6.96. The summed E-state index contributed by atoms with van der Waals surface area (Å²) in [6.07, 6.45) is 9.81. The van der Waals surface area contributed by atoms with Gasteiger partial charge in [-0.25, -0.2) is 0 Å². The van der Waals surface area contributed by atoms with Crippen molar-refractivity contribution < 1.29 is 0 Å². The van der Waals surface area contributed by atoms with E-state index < -0.39 is 0 Å². The molecule has 1 heteroatoms. The fourth-order valence-electron chi connectivity index (χ4n) is 4.36. The maximum atomic E-state index is 3.42. The van der Waals surface area contributed by atoms with E-state index in [0.717, 1.165) is 23.7 Å². The molecule has 2 saturated carbocycles. The molecular weight excluding hydrogens is 254 g/mol. The molecule has 116 valence electrons. The normalized spacial score (nSPS) is 30.1. The van der Waals surface area contributed by atoms with Gasteiger partial charge in [-0.05, 0) is 74.1 Å². The predicted molar refractivity (Wildman–Crippen MR) is 90.8 cm³/mol. The zero-order chi connectivity index (χ0) is 14.7. The molecule has 2 aliphatic rings. The quantitative estimate of drug-likeness (QED) is 0.795. The third-order valence-corrected chi connectivity index (χ3v) is 6.09. The summed E-state index contributed by atoms with van der Waals surface area (Å²) in [5.74, 6) is 3.40. The Bertz CT molecular complexity index is 432. The summed E-state index contributed by atoms with van der Waals surface area (Å²) >= 11 is 0. The van der Waals surface area contributed by atoms with Crippen LogP contribution in [0.4, 0.5) is 0 Å². The van der Waals surface area contributed by atoms with E-state index >= 15 is 0 Å². The Morgan fingerprint density at radius 2 is 1.71 bits per heavy atom. The molecule has 3 unspecified atom stereocenters. The number of hydrogen-bond donors (Lipinski definition) is 1. The smallest absolute Gasteiger partial charge is 0.00177 e. The number of rotatable bonds is 5. The maximum absolute atomic E-state index is 3.42. The lowest BCUT2D eigenvalue weighted by molar-refractivity contribution is 0.228. The first-order valence-corrected chi connectivity index (χ1v) is 9.06. The van der Waals surface area contributed by atoms with E-state index in [4.69, 9.17) is 0 Å². The van der Waals surface area contributed by atoms with Crippen LogP contribution in [0.15, 0.2) is 24.3 Å². The maximum Gasteiger partial charge on any atom is -0.00177 e. The Kier molecular flexibility index (Phi) is 5.00. The molecule has 1 aromatic rings. The monoisotopic (exact) mass is 285 g/mol. The van der Waals surface area contributed by atoms with Gasteiger partial charge in [0.1, 0.15) is 0 Å². The van der Waals surface area contributed by atoms with Gasteiger partial charge in [0.2, 0.25) is 0 Å². The van der Waals surface area contributed by atoms with Gasteiger partial charge in [-0.2, -0.15) is 0 Å². The van der Waals surface area contributed by atoms with Crippen molar-refractivity contribution in [2.24, 2.45) is 11.8 Å². The molecule has 0 amide bonds.